The maximum atomic E-state index is 14.0. The average molecular weight is 331 g/mol. The van der Waals surface area contributed by atoms with Crippen LogP contribution in [0.5, 0.6) is 0 Å². The van der Waals surface area contributed by atoms with Crippen molar-refractivity contribution in [2.45, 2.75) is 6.04 Å². The standard InChI is InChI=1S/C16H12BrFN2/c17-11-5-6-14(18)13(9-11)15(19)16-12-4-2-1-3-10(12)7-8-20-16/h1-9,15H,19H2. The zero-order chi connectivity index (χ0) is 14.1. The Kier molecular flexibility index (Phi) is 3.51. The molecule has 0 fully saturated rings. The Morgan fingerprint density at radius 1 is 1.10 bits per heavy atom. The number of nitrogens with zero attached hydrogens (tertiary/aromatic N) is 1. The third-order valence-corrected chi connectivity index (χ3v) is 3.79. The van der Waals surface area contributed by atoms with Crippen molar-refractivity contribution >= 4 is 26.7 Å². The molecule has 0 aliphatic heterocycles. The van der Waals surface area contributed by atoms with Crippen molar-refractivity contribution in [2.75, 3.05) is 0 Å². The first-order chi connectivity index (χ1) is 9.66. The van der Waals surface area contributed by atoms with E-state index in [0.717, 1.165) is 15.2 Å². The third kappa shape index (κ3) is 2.32. The maximum Gasteiger partial charge on any atom is 0.128 e. The van der Waals surface area contributed by atoms with Crippen LogP contribution in [-0.4, -0.2) is 4.98 Å². The van der Waals surface area contributed by atoms with E-state index < -0.39 is 6.04 Å². The van der Waals surface area contributed by atoms with Crippen molar-refractivity contribution in [2.24, 2.45) is 5.73 Å². The lowest BCUT2D eigenvalue weighted by Crippen LogP contribution is -2.15. The third-order valence-electron chi connectivity index (χ3n) is 3.29. The average Bonchev–Trinajstić information content (AvgIpc) is 2.48. The number of benzene rings is 2. The van der Waals surface area contributed by atoms with Gasteiger partial charge in [0, 0.05) is 21.6 Å². The van der Waals surface area contributed by atoms with Gasteiger partial charge in [-0.3, -0.25) is 4.98 Å². The molecular formula is C16H12BrFN2. The highest BCUT2D eigenvalue weighted by Crippen LogP contribution is 2.28. The molecule has 4 heteroatoms. The Hall–Kier alpha value is -1.78. The Balaban J connectivity index is 2.17. The van der Waals surface area contributed by atoms with Gasteiger partial charge in [0.05, 0.1) is 11.7 Å². The first-order valence-electron chi connectivity index (χ1n) is 6.21. The fourth-order valence-corrected chi connectivity index (χ4v) is 2.67. The van der Waals surface area contributed by atoms with Gasteiger partial charge in [-0.25, -0.2) is 4.39 Å². The molecular weight excluding hydrogens is 319 g/mol. The van der Waals surface area contributed by atoms with Gasteiger partial charge in [-0.15, -0.1) is 0 Å². The first-order valence-corrected chi connectivity index (χ1v) is 7.00. The van der Waals surface area contributed by atoms with E-state index in [0.29, 0.717) is 11.3 Å². The van der Waals surface area contributed by atoms with Crippen molar-refractivity contribution in [1.82, 2.24) is 4.98 Å². The molecule has 1 heterocycles. The van der Waals surface area contributed by atoms with Crippen molar-refractivity contribution < 1.29 is 4.39 Å². The van der Waals surface area contributed by atoms with E-state index in [4.69, 9.17) is 5.73 Å². The molecule has 0 aliphatic rings. The van der Waals surface area contributed by atoms with Crippen LogP contribution in [0.1, 0.15) is 17.3 Å². The highest BCUT2D eigenvalue weighted by atomic mass is 79.9. The zero-order valence-electron chi connectivity index (χ0n) is 10.6. The van der Waals surface area contributed by atoms with Gasteiger partial charge < -0.3 is 5.73 Å². The summed E-state index contributed by atoms with van der Waals surface area (Å²) in [7, 11) is 0. The Morgan fingerprint density at radius 2 is 1.90 bits per heavy atom. The van der Waals surface area contributed by atoms with Crippen molar-refractivity contribution in [3.8, 4) is 0 Å². The minimum Gasteiger partial charge on any atom is -0.319 e. The molecule has 3 aromatic rings. The van der Waals surface area contributed by atoms with Gasteiger partial charge in [0.15, 0.2) is 0 Å². The summed E-state index contributed by atoms with van der Waals surface area (Å²) in [5.41, 5.74) is 7.34. The lowest BCUT2D eigenvalue weighted by molar-refractivity contribution is 0.597. The van der Waals surface area contributed by atoms with Gasteiger partial charge in [-0.1, -0.05) is 40.2 Å². The molecule has 1 unspecified atom stereocenters. The number of hydrogen-bond acceptors (Lipinski definition) is 2. The van der Waals surface area contributed by atoms with Gasteiger partial charge >= 0.3 is 0 Å². The molecule has 0 amide bonds. The summed E-state index contributed by atoms with van der Waals surface area (Å²) in [4.78, 5) is 4.35. The van der Waals surface area contributed by atoms with E-state index in [1.807, 2.05) is 30.3 Å². The predicted octanol–water partition coefficient (Wildman–Crippen LogP) is 4.18. The highest BCUT2D eigenvalue weighted by Gasteiger charge is 2.17. The molecule has 0 aliphatic carbocycles. The fraction of sp³-hybridized carbons (Fsp3) is 0.0625. The van der Waals surface area contributed by atoms with Gasteiger partial charge in [0.2, 0.25) is 0 Å². The van der Waals surface area contributed by atoms with Crippen molar-refractivity contribution in [3.05, 3.63) is 76.3 Å². The summed E-state index contributed by atoms with van der Waals surface area (Å²) in [5.74, 6) is -0.324. The molecule has 1 aromatic heterocycles. The van der Waals surface area contributed by atoms with Gasteiger partial charge in [0.1, 0.15) is 5.82 Å². The lowest BCUT2D eigenvalue weighted by atomic mass is 9.99. The van der Waals surface area contributed by atoms with E-state index in [-0.39, 0.29) is 5.82 Å². The SMILES string of the molecule is NC(c1cc(Br)ccc1F)c1nccc2ccccc12. The van der Waals surface area contributed by atoms with Crippen LogP contribution >= 0.6 is 15.9 Å². The number of halogens is 2. The second-order valence-corrected chi connectivity index (χ2v) is 5.48. The molecule has 0 radical (unpaired) electrons. The minimum absolute atomic E-state index is 0.324. The number of nitrogens with two attached hydrogens (primary N) is 1. The molecule has 0 saturated heterocycles. The van der Waals surface area contributed by atoms with Crippen LogP contribution in [0, 0.1) is 5.82 Å². The maximum absolute atomic E-state index is 14.0. The highest BCUT2D eigenvalue weighted by molar-refractivity contribution is 9.10. The number of aromatic nitrogens is 1. The molecule has 2 nitrogen and oxygen atoms in total. The summed E-state index contributed by atoms with van der Waals surface area (Å²) in [6, 6.07) is 13.9. The Bertz CT molecular complexity index is 768. The van der Waals surface area contributed by atoms with Gasteiger partial charge in [0.25, 0.3) is 0 Å². The Morgan fingerprint density at radius 3 is 2.75 bits per heavy atom. The summed E-state index contributed by atoms with van der Waals surface area (Å²) in [6.45, 7) is 0. The van der Waals surface area contributed by atoms with Gasteiger partial charge in [-0.05, 0) is 29.7 Å². The van der Waals surface area contributed by atoms with Crippen LogP contribution in [0.15, 0.2) is 59.2 Å². The molecule has 0 spiro atoms. The molecule has 2 aromatic carbocycles. The minimum atomic E-state index is -0.599. The molecule has 0 saturated carbocycles. The van der Waals surface area contributed by atoms with E-state index in [1.165, 1.54) is 6.07 Å². The summed E-state index contributed by atoms with van der Waals surface area (Å²) >= 11 is 3.34. The van der Waals surface area contributed by atoms with E-state index >= 15 is 0 Å². The van der Waals surface area contributed by atoms with Crippen LogP contribution < -0.4 is 5.73 Å². The number of fused-ring (bicyclic) bond motifs is 1. The summed E-state index contributed by atoms with van der Waals surface area (Å²) < 4.78 is 14.8. The fourth-order valence-electron chi connectivity index (χ4n) is 2.29. The molecule has 1 atom stereocenters. The van der Waals surface area contributed by atoms with Crippen LogP contribution in [0.3, 0.4) is 0 Å². The largest absolute Gasteiger partial charge is 0.319 e. The monoisotopic (exact) mass is 330 g/mol. The van der Waals surface area contributed by atoms with Crippen LogP contribution in [-0.2, 0) is 0 Å². The molecule has 3 rings (SSSR count). The summed E-state index contributed by atoms with van der Waals surface area (Å²) in [6.07, 6.45) is 1.70. The van der Waals surface area contributed by atoms with Crippen LogP contribution in [0.2, 0.25) is 0 Å². The van der Waals surface area contributed by atoms with Crippen LogP contribution in [0.4, 0.5) is 4.39 Å². The molecule has 20 heavy (non-hydrogen) atoms. The number of pyridine rings is 1. The molecule has 2 N–H and O–H groups in total. The molecule has 100 valence electrons. The zero-order valence-corrected chi connectivity index (χ0v) is 12.1. The predicted molar refractivity (Wildman–Crippen MR) is 81.9 cm³/mol. The quantitative estimate of drug-likeness (QED) is 0.765. The summed E-state index contributed by atoms with van der Waals surface area (Å²) in [5, 5.41) is 1.99. The van der Waals surface area contributed by atoms with Gasteiger partial charge in [-0.2, -0.15) is 0 Å². The van der Waals surface area contributed by atoms with Crippen LogP contribution in [0.25, 0.3) is 10.8 Å². The normalized spacial score (nSPS) is 12.6. The lowest BCUT2D eigenvalue weighted by Gasteiger charge is -2.15. The molecule has 0 bridgehead atoms. The second kappa shape index (κ2) is 5.31. The topological polar surface area (TPSA) is 38.9 Å². The smallest absolute Gasteiger partial charge is 0.128 e. The number of hydrogen-bond donors (Lipinski definition) is 1. The number of rotatable bonds is 2. The van der Waals surface area contributed by atoms with Crippen molar-refractivity contribution in [1.29, 1.82) is 0 Å². The van der Waals surface area contributed by atoms with Crippen molar-refractivity contribution in [3.63, 3.8) is 0 Å². The van der Waals surface area contributed by atoms with E-state index in [9.17, 15) is 4.39 Å². The van der Waals surface area contributed by atoms with E-state index in [2.05, 4.69) is 20.9 Å². The second-order valence-electron chi connectivity index (χ2n) is 4.56. The Labute approximate surface area is 124 Å². The van der Waals surface area contributed by atoms with E-state index in [1.54, 1.807) is 18.3 Å². The first kappa shape index (κ1) is 13.2.